The number of hydrogen-bond donors (Lipinski definition) is 1. The molecule has 0 aliphatic carbocycles. The maximum absolute atomic E-state index is 10.6. The number of rotatable bonds is 4. The molecule has 88 valence electrons. The minimum atomic E-state index is -0.729. The van der Waals surface area contributed by atoms with Gasteiger partial charge in [0.2, 0.25) is 0 Å². The molecule has 0 aromatic carbocycles. The Bertz CT molecular complexity index is 387. The molecule has 0 fully saturated rings. The molecule has 5 heteroatoms. The molecule has 1 N–H and O–H groups in total. The van der Waals surface area contributed by atoms with E-state index in [1.54, 1.807) is 0 Å². The van der Waals surface area contributed by atoms with E-state index in [1.807, 2.05) is 0 Å². The topological polar surface area (TPSA) is 68.0 Å². The first-order valence-corrected chi connectivity index (χ1v) is 5.86. The normalized spacial score (nSPS) is 19.4. The Morgan fingerprint density at radius 1 is 1.56 bits per heavy atom. The molecule has 2 rings (SSSR count). The van der Waals surface area contributed by atoms with Crippen LogP contribution in [0.4, 0.5) is 0 Å². The van der Waals surface area contributed by atoms with Crippen LogP contribution in [0.2, 0.25) is 0 Å². The Hall–Kier alpha value is -1.39. The van der Waals surface area contributed by atoms with E-state index in [1.165, 1.54) is 0 Å². The molecule has 0 amide bonds. The van der Waals surface area contributed by atoms with Gasteiger partial charge in [-0.25, -0.2) is 0 Å². The largest absolute Gasteiger partial charge is 0.481 e. The van der Waals surface area contributed by atoms with Crippen LogP contribution in [0, 0.1) is 0 Å². The first-order valence-electron chi connectivity index (χ1n) is 5.86. The van der Waals surface area contributed by atoms with Gasteiger partial charge in [0.25, 0.3) is 0 Å². The lowest BCUT2D eigenvalue weighted by molar-refractivity contribution is -0.137. The molecule has 1 atom stereocenters. The zero-order valence-corrected chi connectivity index (χ0v) is 9.52. The van der Waals surface area contributed by atoms with Gasteiger partial charge >= 0.3 is 5.97 Å². The Morgan fingerprint density at radius 3 is 3.06 bits per heavy atom. The van der Waals surface area contributed by atoms with E-state index < -0.39 is 5.97 Å². The van der Waals surface area contributed by atoms with E-state index in [0.717, 1.165) is 37.5 Å². The van der Waals surface area contributed by atoms with Gasteiger partial charge in [0.1, 0.15) is 11.6 Å². The summed E-state index contributed by atoms with van der Waals surface area (Å²) >= 11 is 0. The Labute approximate surface area is 94.5 Å². The molecule has 0 saturated heterocycles. The second-order valence-electron chi connectivity index (χ2n) is 4.25. The van der Waals surface area contributed by atoms with Crippen LogP contribution < -0.4 is 0 Å². The van der Waals surface area contributed by atoms with Crippen LogP contribution in [-0.4, -0.2) is 25.8 Å². The van der Waals surface area contributed by atoms with Crippen molar-refractivity contribution in [3.8, 4) is 0 Å². The van der Waals surface area contributed by atoms with E-state index in [2.05, 4.69) is 21.7 Å². The van der Waals surface area contributed by atoms with Crippen LogP contribution >= 0.6 is 0 Å². The molecule has 5 nitrogen and oxygen atoms in total. The van der Waals surface area contributed by atoms with Crippen molar-refractivity contribution in [2.24, 2.45) is 0 Å². The number of fused-ring (bicyclic) bond motifs is 1. The SMILES string of the molecule is CCc1nnc2n1CCCC2CCC(=O)O. The summed E-state index contributed by atoms with van der Waals surface area (Å²) in [6.45, 7) is 3.05. The number of aryl methyl sites for hydroxylation is 1. The molecule has 2 heterocycles. The van der Waals surface area contributed by atoms with Gasteiger partial charge in [-0.15, -0.1) is 10.2 Å². The molecule has 0 saturated carbocycles. The van der Waals surface area contributed by atoms with Crippen molar-refractivity contribution in [2.45, 2.75) is 51.5 Å². The summed E-state index contributed by atoms with van der Waals surface area (Å²) in [7, 11) is 0. The number of hydrogen-bond acceptors (Lipinski definition) is 3. The quantitative estimate of drug-likeness (QED) is 0.841. The zero-order chi connectivity index (χ0) is 11.5. The van der Waals surface area contributed by atoms with Gasteiger partial charge in [-0.2, -0.15) is 0 Å². The monoisotopic (exact) mass is 223 g/mol. The third kappa shape index (κ3) is 2.08. The fourth-order valence-corrected chi connectivity index (χ4v) is 2.35. The lowest BCUT2D eigenvalue weighted by atomic mass is 9.94. The molecule has 0 radical (unpaired) electrons. The summed E-state index contributed by atoms with van der Waals surface area (Å²) in [6.07, 6.45) is 3.92. The highest BCUT2D eigenvalue weighted by Crippen LogP contribution is 2.30. The lowest BCUT2D eigenvalue weighted by Crippen LogP contribution is -2.18. The highest BCUT2D eigenvalue weighted by Gasteiger charge is 2.24. The first kappa shape index (κ1) is 11.1. The first-order chi connectivity index (χ1) is 7.72. The fraction of sp³-hybridized carbons (Fsp3) is 0.727. The third-order valence-electron chi connectivity index (χ3n) is 3.18. The van der Waals surface area contributed by atoms with Crippen molar-refractivity contribution in [3.63, 3.8) is 0 Å². The molecule has 1 aliphatic rings. The molecular weight excluding hydrogens is 206 g/mol. The predicted octanol–water partition coefficient (Wildman–Crippen LogP) is 1.58. The van der Waals surface area contributed by atoms with Crippen molar-refractivity contribution in [1.29, 1.82) is 0 Å². The second kappa shape index (κ2) is 4.63. The number of carboxylic acid groups (broad SMARTS) is 1. The minimum Gasteiger partial charge on any atom is -0.481 e. The fourth-order valence-electron chi connectivity index (χ4n) is 2.35. The standard InChI is InChI=1S/C11H17N3O2/c1-2-9-12-13-11-8(5-6-10(15)16)4-3-7-14(9)11/h8H,2-7H2,1H3,(H,15,16). The van der Waals surface area contributed by atoms with Crippen molar-refractivity contribution in [3.05, 3.63) is 11.6 Å². The Kier molecular flexibility index (Phi) is 3.22. The number of aromatic nitrogens is 3. The number of carboxylic acids is 1. The van der Waals surface area contributed by atoms with Crippen LogP contribution in [-0.2, 0) is 17.8 Å². The van der Waals surface area contributed by atoms with Crippen LogP contribution in [0.25, 0.3) is 0 Å². The summed E-state index contributed by atoms with van der Waals surface area (Å²) in [5.74, 6) is 1.56. The summed E-state index contributed by atoms with van der Waals surface area (Å²) < 4.78 is 2.16. The van der Waals surface area contributed by atoms with Crippen LogP contribution in [0.15, 0.2) is 0 Å². The maximum atomic E-state index is 10.6. The smallest absolute Gasteiger partial charge is 0.303 e. The zero-order valence-electron chi connectivity index (χ0n) is 9.52. The van der Waals surface area contributed by atoms with E-state index in [-0.39, 0.29) is 12.3 Å². The van der Waals surface area contributed by atoms with Crippen molar-refractivity contribution in [1.82, 2.24) is 14.8 Å². The second-order valence-corrected chi connectivity index (χ2v) is 4.25. The van der Waals surface area contributed by atoms with Gasteiger partial charge in [-0.1, -0.05) is 6.92 Å². The molecular formula is C11H17N3O2. The van der Waals surface area contributed by atoms with Gasteiger partial charge < -0.3 is 9.67 Å². The third-order valence-corrected chi connectivity index (χ3v) is 3.18. The molecule has 1 unspecified atom stereocenters. The molecule has 1 aromatic heterocycles. The van der Waals surface area contributed by atoms with Crippen molar-refractivity contribution < 1.29 is 9.90 Å². The van der Waals surface area contributed by atoms with Crippen molar-refractivity contribution in [2.75, 3.05) is 0 Å². The van der Waals surface area contributed by atoms with E-state index in [9.17, 15) is 4.79 Å². The van der Waals surface area contributed by atoms with Crippen LogP contribution in [0.3, 0.4) is 0 Å². The van der Waals surface area contributed by atoms with E-state index in [4.69, 9.17) is 5.11 Å². The van der Waals surface area contributed by atoms with Crippen LogP contribution in [0.1, 0.15) is 50.2 Å². The molecule has 16 heavy (non-hydrogen) atoms. The molecule has 1 aliphatic heterocycles. The highest BCUT2D eigenvalue weighted by atomic mass is 16.4. The van der Waals surface area contributed by atoms with Crippen molar-refractivity contribution >= 4 is 5.97 Å². The van der Waals surface area contributed by atoms with Gasteiger partial charge in [0.15, 0.2) is 0 Å². The summed E-state index contributed by atoms with van der Waals surface area (Å²) in [4.78, 5) is 10.6. The Balaban J connectivity index is 2.13. The lowest BCUT2D eigenvalue weighted by Gasteiger charge is -2.22. The molecule has 0 bridgehead atoms. The molecule has 0 spiro atoms. The number of aliphatic carboxylic acids is 1. The number of carbonyl (C=O) groups is 1. The van der Waals surface area contributed by atoms with E-state index in [0.29, 0.717) is 6.42 Å². The van der Waals surface area contributed by atoms with Gasteiger partial charge in [0.05, 0.1) is 0 Å². The Morgan fingerprint density at radius 2 is 2.38 bits per heavy atom. The van der Waals surface area contributed by atoms with Gasteiger partial charge in [-0.3, -0.25) is 4.79 Å². The number of nitrogens with zero attached hydrogens (tertiary/aromatic N) is 3. The summed E-state index contributed by atoms with van der Waals surface area (Å²) in [5.41, 5.74) is 0. The minimum absolute atomic E-state index is 0.221. The molecule has 1 aromatic rings. The average Bonchev–Trinajstić information content (AvgIpc) is 2.69. The maximum Gasteiger partial charge on any atom is 0.303 e. The summed E-state index contributed by atoms with van der Waals surface area (Å²) in [6, 6.07) is 0. The van der Waals surface area contributed by atoms with Crippen LogP contribution in [0.5, 0.6) is 0 Å². The predicted molar refractivity (Wildman–Crippen MR) is 58.2 cm³/mol. The average molecular weight is 223 g/mol. The summed E-state index contributed by atoms with van der Waals surface area (Å²) in [5, 5.41) is 17.1. The highest BCUT2D eigenvalue weighted by molar-refractivity contribution is 5.66. The van der Waals surface area contributed by atoms with E-state index >= 15 is 0 Å². The van der Waals surface area contributed by atoms with Gasteiger partial charge in [0, 0.05) is 25.3 Å². The van der Waals surface area contributed by atoms with Gasteiger partial charge in [-0.05, 0) is 19.3 Å².